The third-order valence-corrected chi connectivity index (χ3v) is 5.54. The Hall–Kier alpha value is -3.39. The average Bonchev–Trinajstić information content (AvgIpc) is 2.72. The molecule has 160 valence electrons. The molecule has 1 aromatic heterocycles. The fraction of sp³-hybridized carbons (Fsp3) is 0.217. The first-order valence-electron chi connectivity index (χ1n) is 9.80. The minimum atomic E-state index is -0.474. The Morgan fingerprint density at radius 1 is 1.03 bits per heavy atom. The molecule has 0 aliphatic heterocycles. The Morgan fingerprint density at radius 3 is 2.23 bits per heavy atom. The summed E-state index contributed by atoms with van der Waals surface area (Å²) in [6.07, 6.45) is 0.504. The third kappa shape index (κ3) is 6.29. The summed E-state index contributed by atoms with van der Waals surface area (Å²) >= 11 is 1.19. The van der Waals surface area contributed by atoms with Crippen molar-refractivity contribution in [2.24, 2.45) is 0 Å². The van der Waals surface area contributed by atoms with Crippen molar-refractivity contribution < 1.29 is 9.59 Å². The van der Waals surface area contributed by atoms with Gasteiger partial charge in [0.05, 0.1) is 5.25 Å². The first kappa shape index (κ1) is 22.3. The number of aromatic nitrogens is 2. The van der Waals surface area contributed by atoms with E-state index in [-0.39, 0.29) is 17.4 Å². The topological polar surface area (TPSA) is 104 Å². The Morgan fingerprint density at radius 2 is 1.65 bits per heavy atom. The van der Waals surface area contributed by atoms with Crippen molar-refractivity contribution in [1.82, 2.24) is 9.97 Å². The monoisotopic (exact) mass is 436 g/mol. The van der Waals surface area contributed by atoms with E-state index in [0.717, 1.165) is 5.56 Å². The van der Waals surface area contributed by atoms with E-state index in [1.165, 1.54) is 18.7 Å². The van der Waals surface area contributed by atoms with Crippen molar-refractivity contribution in [3.63, 3.8) is 0 Å². The quantitative estimate of drug-likeness (QED) is 0.387. The third-order valence-electron chi connectivity index (χ3n) is 4.55. The summed E-state index contributed by atoms with van der Waals surface area (Å²) in [5.41, 5.74) is 3.38. The zero-order valence-corrected chi connectivity index (χ0v) is 18.4. The molecule has 1 unspecified atom stereocenters. The largest absolute Gasteiger partial charge is 0.326 e. The number of aromatic amines is 1. The number of hydrogen-bond acceptors (Lipinski definition) is 5. The van der Waals surface area contributed by atoms with Crippen LogP contribution in [0.1, 0.15) is 30.7 Å². The maximum absolute atomic E-state index is 12.6. The molecule has 3 N–H and O–H groups in total. The van der Waals surface area contributed by atoms with Gasteiger partial charge in [-0.05, 0) is 43.7 Å². The van der Waals surface area contributed by atoms with Crippen LogP contribution in [0.5, 0.6) is 0 Å². The molecule has 0 fully saturated rings. The summed E-state index contributed by atoms with van der Waals surface area (Å²) in [7, 11) is 0. The Bertz CT molecular complexity index is 1130. The van der Waals surface area contributed by atoms with Crippen molar-refractivity contribution in [3.8, 4) is 0 Å². The summed E-state index contributed by atoms with van der Waals surface area (Å²) in [6.45, 7) is 4.99. The van der Waals surface area contributed by atoms with E-state index in [9.17, 15) is 14.4 Å². The molecule has 0 spiro atoms. The van der Waals surface area contributed by atoms with Crippen LogP contribution in [0.25, 0.3) is 0 Å². The molecule has 0 bridgehead atoms. The molecule has 0 aliphatic rings. The van der Waals surface area contributed by atoms with Gasteiger partial charge in [-0.1, -0.05) is 42.1 Å². The molecule has 0 saturated carbocycles. The fourth-order valence-electron chi connectivity index (χ4n) is 2.95. The second-order valence-electron chi connectivity index (χ2n) is 7.11. The SMILES string of the molecule is CC(=O)Nc1ccc(NC(=O)C(C)Sc2nc(C)c(Cc3ccccc3)c(=O)[nH]2)cc1. The molecule has 8 heteroatoms. The lowest BCUT2D eigenvalue weighted by molar-refractivity contribution is -0.115. The van der Waals surface area contributed by atoms with Crippen LogP contribution in [-0.2, 0) is 16.0 Å². The molecule has 3 aromatic rings. The van der Waals surface area contributed by atoms with Gasteiger partial charge < -0.3 is 15.6 Å². The van der Waals surface area contributed by atoms with E-state index in [0.29, 0.717) is 34.2 Å². The number of amides is 2. The number of anilines is 2. The molecule has 0 radical (unpaired) electrons. The van der Waals surface area contributed by atoms with E-state index in [1.54, 1.807) is 38.1 Å². The highest BCUT2D eigenvalue weighted by Gasteiger charge is 2.18. The van der Waals surface area contributed by atoms with Crippen LogP contribution in [0.3, 0.4) is 0 Å². The van der Waals surface area contributed by atoms with Gasteiger partial charge in [0.2, 0.25) is 11.8 Å². The van der Waals surface area contributed by atoms with Gasteiger partial charge >= 0.3 is 0 Å². The number of rotatable bonds is 7. The van der Waals surface area contributed by atoms with Gasteiger partial charge in [0, 0.05) is 36.0 Å². The van der Waals surface area contributed by atoms with Crippen LogP contribution in [-0.4, -0.2) is 27.0 Å². The summed E-state index contributed by atoms with van der Waals surface area (Å²) in [5, 5.41) is 5.43. The highest BCUT2D eigenvalue weighted by Crippen LogP contribution is 2.22. The van der Waals surface area contributed by atoms with E-state index >= 15 is 0 Å². The van der Waals surface area contributed by atoms with Gasteiger partial charge in [-0.2, -0.15) is 0 Å². The number of aryl methyl sites for hydroxylation is 1. The second kappa shape index (κ2) is 10.1. The molecule has 2 amide bonds. The maximum atomic E-state index is 12.6. The van der Waals surface area contributed by atoms with Gasteiger partial charge in [0.1, 0.15) is 0 Å². The first-order valence-corrected chi connectivity index (χ1v) is 10.7. The zero-order chi connectivity index (χ0) is 22.4. The second-order valence-corrected chi connectivity index (χ2v) is 8.43. The van der Waals surface area contributed by atoms with Gasteiger partial charge in [0.15, 0.2) is 5.16 Å². The van der Waals surface area contributed by atoms with Crippen LogP contribution in [0, 0.1) is 6.92 Å². The van der Waals surface area contributed by atoms with Crippen molar-refractivity contribution in [3.05, 3.63) is 81.8 Å². The van der Waals surface area contributed by atoms with E-state index in [2.05, 4.69) is 20.6 Å². The smallest absolute Gasteiger partial charge is 0.255 e. The molecule has 0 saturated heterocycles. The normalized spacial score (nSPS) is 11.6. The number of hydrogen-bond donors (Lipinski definition) is 3. The number of nitrogens with zero attached hydrogens (tertiary/aromatic N) is 1. The number of benzene rings is 2. The standard InChI is InChI=1S/C23H24N4O3S/c1-14-20(13-17-7-5-4-6-8-17)22(30)27-23(24-14)31-15(2)21(29)26-19-11-9-18(10-12-19)25-16(3)28/h4-12,15H,13H2,1-3H3,(H,25,28)(H,26,29)(H,24,27,30). The predicted octanol–water partition coefficient (Wildman–Crippen LogP) is 3.75. The molecule has 1 atom stereocenters. The molecule has 2 aromatic carbocycles. The van der Waals surface area contributed by atoms with Gasteiger partial charge in [-0.3, -0.25) is 14.4 Å². The lowest BCUT2D eigenvalue weighted by Crippen LogP contribution is -2.24. The molecule has 31 heavy (non-hydrogen) atoms. The summed E-state index contributed by atoms with van der Waals surface area (Å²) in [4.78, 5) is 43.5. The van der Waals surface area contributed by atoms with Crippen LogP contribution in [0.15, 0.2) is 64.5 Å². The molecule has 0 aliphatic carbocycles. The van der Waals surface area contributed by atoms with Crippen molar-refractivity contribution in [2.75, 3.05) is 10.6 Å². The number of carbonyl (C=O) groups is 2. The van der Waals surface area contributed by atoms with Gasteiger partial charge in [-0.25, -0.2) is 4.98 Å². The maximum Gasteiger partial charge on any atom is 0.255 e. The minimum Gasteiger partial charge on any atom is -0.326 e. The average molecular weight is 437 g/mol. The highest BCUT2D eigenvalue weighted by atomic mass is 32.2. The summed E-state index contributed by atoms with van der Waals surface area (Å²) in [5.74, 6) is -0.376. The summed E-state index contributed by atoms with van der Waals surface area (Å²) < 4.78 is 0. The molecule has 1 heterocycles. The zero-order valence-electron chi connectivity index (χ0n) is 17.6. The number of thioether (sulfide) groups is 1. The lowest BCUT2D eigenvalue weighted by atomic mass is 10.1. The van der Waals surface area contributed by atoms with E-state index in [4.69, 9.17) is 0 Å². The summed E-state index contributed by atoms with van der Waals surface area (Å²) in [6, 6.07) is 16.6. The Balaban J connectivity index is 1.64. The van der Waals surface area contributed by atoms with E-state index < -0.39 is 5.25 Å². The van der Waals surface area contributed by atoms with Crippen LogP contribution in [0.2, 0.25) is 0 Å². The van der Waals surface area contributed by atoms with Crippen molar-refractivity contribution >= 4 is 35.0 Å². The Kier molecular flexibility index (Phi) is 7.25. The highest BCUT2D eigenvalue weighted by molar-refractivity contribution is 8.00. The predicted molar refractivity (Wildman–Crippen MR) is 124 cm³/mol. The number of H-pyrrole nitrogens is 1. The van der Waals surface area contributed by atoms with Crippen LogP contribution < -0.4 is 16.2 Å². The molecular formula is C23H24N4O3S. The molecular weight excluding hydrogens is 412 g/mol. The van der Waals surface area contributed by atoms with Crippen molar-refractivity contribution in [2.45, 2.75) is 37.6 Å². The van der Waals surface area contributed by atoms with Crippen LogP contribution >= 0.6 is 11.8 Å². The van der Waals surface area contributed by atoms with Crippen molar-refractivity contribution in [1.29, 1.82) is 0 Å². The Labute approximate surface area is 184 Å². The van der Waals surface area contributed by atoms with Gasteiger partial charge in [-0.15, -0.1) is 0 Å². The molecule has 7 nitrogen and oxygen atoms in total. The fourth-order valence-corrected chi connectivity index (χ4v) is 3.80. The molecule has 3 rings (SSSR count). The lowest BCUT2D eigenvalue weighted by Gasteiger charge is -2.13. The number of carbonyl (C=O) groups excluding carboxylic acids is 2. The van der Waals surface area contributed by atoms with Crippen LogP contribution in [0.4, 0.5) is 11.4 Å². The minimum absolute atomic E-state index is 0.159. The van der Waals surface area contributed by atoms with E-state index in [1.807, 2.05) is 30.3 Å². The first-order chi connectivity index (χ1) is 14.8. The number of nitrogens with one attached hydrogen (secondary N) is 3. The van der Waals surface area contributed by atoms with Gasteiger partial charge in [0.25, 0.3) is 5.56 Å².